The van der Waals surface area contributed by atoms with Gasteiger partial charge in [0.1, 0.15) is 4.90 Å². The molecule has 0 unspecified atom stereocenters. The highest BCUT2D eigenvalue weighted by molar-refractivity contribution is 7.89. The molecule has 228 valence electrons. The third kappa shape index (κ3) is 7.20. The van der Waals surface area contributed by atoms with Crippen LogP contribution in [0.25, 0.3) is 0 Å². The number of nitro benzene ring substituents is 2. The topological polar surface area (TPSA) is 172 Å². The summed E-state index contributed by atoms with van der Waals surface area (Å²) in [6.07, 6.45) is 2.36. The first kappa shape index (κ1) is 32.4. The summed E-state index contributed by atoms with van der Waals surface area (Å²) < 4.78 is 28.9. The van der Waals surface area contributed by atoms with Gasteiger partial charge in [-0.2, -0.15) is 9.41 Å². The van der Waals surface area contributed by atoms with Crippen LogP contribution in [0.5, 0.6) is 0 Å². The van der Waals surface area contributed by atoms with E-state index in [1.807, 2.05) is 32.6 Å². The van der Waals surface area contributed by atoms with Crippen molar-refractivity contribution in [1.82, 2.24) is 9.21 Å². The number of sulfonamides is 1. The van der Waals surface area contributed by atoms with Gasteiger partial charge in [0.2, 0.25) is 15.9 Å². The van der Waals surface area contributed by atoms with E-state index in [2.05, 4.69) is 10.5 Å². The fourth-order valence-corrected chi connectivity index (χ4v) is 6.69. The van der Waals surface area contributed by atoms with Crippen molar-refractivity contribution in [2.24, 2.45) is 11.0 Å². The first-order valence-electron chi connectivity index (χ1n) is 13.9. The van der Waals surface area contributed by atoms with E-state index < -0.39 is 31.5 Å². The Morgan fingerprint density at radius 2 is 1.64 bits per heavy atom. The van der Waals surface area contributed by atoms with Crippen molar-refractivity contribution in [3.63, 3.8) is 0 Å². The largest absolute Gasteiger partial charge is 0.372 e. The molecule has 3 rings (SSSR count). The van der Waals surface area contributed by atoms with Gasteiger partial charge < -0.3 is 9.80 Å². The van der Waals surface area contributed by atoms with E-state index in [1.54, 1.807) is 11.0 Å². The molecule has 1 aliphatic rings. The van der Waals surface area contributed by atoms with E-state index in [0.29, 0.717) is 50.3 Å². The maximum atomic E-state index is 13.8. The van der Waals surface area contributed by atoms with Crippen LogP contribution in [0.15, 0.2) is 46.4 Å². The molecule has 0 aliphatic carbocycles. The molecule has 2 aromatic carbocycles. The number of carbonyl (C=O) groups excluding carboxylic acids is 1. The van der Waals surface area contributed by atoms with E-state index in [1.165, 1.54) is 28.7 Å². The first-order valence-corrected chi connectivity index (χ1v) is 15.3. The molecule has 1 heterocycles. The summed E-state index contributed by atoms with van der Waals surface area (Å²) in [6.45, 7) is 10.0. The van der Waals surface area contributed by atoms with Crippen LogP contribution in [-0.4, -0.2) is 78.9 Å². The summed E-state index contributed by atoms with van der Waals surface area (Å²) in [5.41, 5.74) is 3.24. The van der Waals surface area contributed by atoms with Gasteiger partial charge in [0, 0.05) is 74.8 Å². The van der Waals surface area contributed by atoms with Crippen molar-refractivity contribution < 1.29 is 23.1 Å². The second-order valence-corrected chi connectivity index (χ2v) is 11.6. The van der Waals surface area contributed by atoms with Gasteiger partial charge >= 0.3 is 0 Å². The van der Waals surface area contributed by atoms with Crippen molar-refractivity contribution in [2.75, 3.05) is 49.6 Å². The number of nitrogens with one attached hydrogen (secondary N) is 1. The molecule has 42 heavy (non-hydrogen) atoms. The lowest BCUT2D eigenvalue weighted by Gasteiger charge is -2.34. The molecule has 0 aromatic heterocycles. The average Bonchev–Trinajstić information content (AvgIpc) is 2.98. The highest BCUT2D eigenvalue weighted by atomic mass is 32.2. The van der Waals surface area contributed by atoms with E-state index in [9.17, 15) is 33.4 Å². The maximum Gasteiger partial charge on any atom is 0.270 e. The van der Waals surface area contributed by atoms with Crippen molar-refractivity contribution in [1.29, 1.82) is 0 Å². The fourth-order valence-electron chi connectivity index (χ4n) is 5.01. The molecule has 14 nitrogen and oxygen atoms in total. The van der Waals surface area contributed by atoms with Gasteiger partial charge in [-0.1, -0.05) is 0 Å². The lowest BCUT2D eigenvalue weighted by Crippen LogP contribution is -2.46. The number of rotatable bonds is 13. The summed E-state index contributed by atoms with van der Waals surface area (Å²) in [7, 11) is -4.27. The monoisotopic (exact) mass is 603 g/mol. The van der Waals surface area contributed by atoms with Crippen molar-refractivity contribution in [2.45, 2.75) is 45.4 Å². The number of piperidine rings is 1. The Morgan fingerprint density at radius 1 is 1.02 bits per heavy atom. The second kappa shape index (κ2) is 14.2. The maximum absolute atomic E-state index is 13.8. The number of nitro groups is 2. The molecule has 1 saturated heterocycles. The quantitative estimate of drug-likeness (QED) is 0.201. The van der Waals surface area contributed by atoms with Crippen LogP contribution in [0.2, 0.25) is 0 Å². The zero-order valence-electron chi connectivity index (χ0n) is 24.2. The van der Waals surface area contributed by atoms with Crippen LogP contribution in [0.1, 0.15) is 46.1 Å². The minimum atomic E-state index is -4.27. The number of carbonyl (C=O) groups is 1. The Balaban J connectivity index is 1.98. The average molecular weight is 604 g/mol. The SMILES string of the molecule is CCN(CC)C(=O)[C@@H]1CCCN(S(=O)(=O)c2cc([N+](=O)[O-])ccc2N/N=C\c2cc([N+](=O)[O-])ccc2N(CC)CC)C1. The first-order chi connectivity index (χ1) is 20.0. The van der Waals surface area contributed by atoms with Crippen molar-refractivity contribution in [3.8, 4) is 0 Å². The highest BCUT2D eigenvalue weighted by Crippen LogP contribution is 2.32. The van der Waals surface area contributed by atoms with E-state index in [0.717, 1.165) is 12.1 Å². The van der Waals surface area contributed by atoms with Gasteiger partial charge in [0.05, 0.1) is 27.7 Å². The molecule has 1 fully saturated rings. The lowest BCUT2D eigenvalue weighted by molar-refractivity contribution is -0.385. The number of hydrogen-bond donors (Lipinski definition) is 1. The number of amides is 1. The van der Waals surface area contributed by atoms with Gasteiger partial charge in [-0.3, -0.25) is 30.4 Å². The van der Waals surface area contributed by atoms with Crippen LogP contribution < -0.4 is 10.3 Å². The minimum Gasteiger partial charge on any atom is -0.372 e. The predicted octanol–water partition coefficient (Wildman–Crippen LogP) is 4.06. The van der Waals surface area contributed by atoms with Gasteiger partial charge in [-0.25, -0.2) is 8.42 Å². The van der Waals surface area contributed by atoms with E-state index in [4.69, 9.17) is 0 Å². The van der Waals surface area contributed by atoms with Crippen molar-refractivity contribution in [3.05, 3.63) is 62.2 Å². The molecule has 0 spiro atoms. The molecule has 15 heteroatoms. The van der Waals surface area contributed by atoms with Crippen LogP contribution in [0.3, 0.4) is 0 Å². The van der Waals surface area contributed by atoms with E-state index >= 15 is 0 Å². The zero-order chi connectivity index (χ0) is 31.0. The van der Waals surface area contributed by atoms with E-state index in [-0.39, 0.29) is 35.3 Å². The van der Waals surface area contributed by atoms with Gasteiger partial charge in [0.25, 0.3) is 11.4 Å². The fraction of sp³-hybridized carbons (Fsp3) is 0.481. The molecule has 0 bridgehead atoms. The minimum absolute atomic E-state index is 0.0103. The third-order valence-electron chi connectivity index (χ3n) is 7.32. The smallest absolute Gasteiger partial charge is 0.270 e. The lowest BCUT2D eigenvalue weighted by atomic mass is 9.98. The Labute approximate surface area is 245 Å². The Bertz CT molecular complexity index is 1440. The zero-order valence-corrected chi connectivity index (χ0v) is 25.0. The molecule has 0 radical (unpaired) electrons. The molecule has 1 amide bonds. The number of anilines is 2. The summed E-state index contributed by atoms with van der Waals surface area (Å²) >= 11 is 0. The third-order valence-corrected chi connectivity index (χ3v) is 9.22. The number of nitrogens with zero attached hydrogens (tertiary/aromatic N) is 6. The van der Waals surface area contributed by atoms with Crippen LogP contribution in [0.4, 0.5) is 22.7 Å². The highest BCUT2D eigenvalue weighted by Gasteiger charge is 2.36. The Morgan fingerprint density at radius 3 is 2.24 bits per heavy atom. The Hall–Kier alpha value is -4.11. The van der Waals surface area contributed by atoms with Gasteiger partial charge in [-0.15, -0.1) is 0 Å². The predicted molar refractivity (Wildman–Crippen MR) is 160 cm³/mol. The van der Waals surface area contributed by atoms with Gasteiger partial charge in [0.15, 0.2) is 0 Å². The number of hydrogen-bond acceptors (Lipinski definition) is 10. The molecule has 1 N–H and O–H groups in total. The Kier molecular flexibility index (Phi) is 10.9. The number of benzene rings is 2. The summed E-state index contributed by atoms with van der Waals surface area (Å²) in [6, 6.07) is 7.78. The normalized spacial score (nSPS) is 15.9. The molecule has 1 atom stereocenters. The summed E-state index contributed by atoms with van der Waals surface area (Å²) in [4.78, 5) is 38.0. The van der Waals surface area contributed by atoms with Crippen molar-refractivity contribution >= 4 is 44.9 Å². The summed E-state index contributed by atoms with van der Waals surface area (Å²) in [5.74, 6) is -0.642. The second-order valence-electron chi connectivity index (χ2n) is 9.69. The molecule has 2 aromatic rings. The summed E-state index contributed by atoms with van der Waals surface area (Å²) in [5, 5.41) is 27.1. The number of hydrazone groups is 1. The molecular weight excluding hydrogens is 566 g/mol. The van der Waals surface area contributed by atoms with Crippen LogP contribution in [-0.2, 0) is 14.8 Å². The van der Waals surface area contributed by atoms with Crippen LogP contribution >= 0.6 is 0 Å². The standard InChI is InChI=1S/C27H37N7O7S/c1-5-30(6-2)25-14-12-22(33(36)37)16-21(25)18-28-29-24-13-11-23(34(38)39)17-26(24)42(40,41)32-15-9-10-20(19-32)27(35)31(7-3)8-4/h11-14,16-18,20,29H,5-10,15,19H2,1-4H3/b28-18-/t20-/m1/s1. The van der Waals surface area contributed by atoms with Crippen LogP contribution in [0, 0.1) is 26.1 Å². The molecular formula is C27H37N7O7S. The number of non-ortho nitro benzene ring substituents is 2. The molecule has 0 saturated carbocycles. The molecule has 1 aliphatic heterocycles. The van der Waals surface area contributed by atoms with Gasteiger partial charge in [-0.05, 0) is 52.7 Å².